The third-order valence-electron chi connectivity index (χ3n) is 2.58. The highest BCUT2D eigenvalue weighted by atomic mass is 32.1. The van der Waals surface area contributed by atoms with Gasteiger partial charge in [0.1, 0.15) is 6.26 Å². The number of amides is 1. The lowest BCUT2D eigenvalue weighted by molar-refractivity contribution is -0.120. The summed E-state index contributed by atoms with van der Waals surface area (Å²) in [5.41, 5.74) is 6.04. The predicted octanol–water partition coefficient (Wildman–Crippen LogP) is 1.80. The largest absolute Gasteiger partial charge is 0.444 e. The number of hydrogen-bond donors (Lipinski definition) is 2. The summed E-state index contributed by atoms with van der Waals surface area (Å²) in [5.74, 6) is 0.531. The lowest BCUT2D eigenvalue weighted by Gasteiger charge is -2.02. The van der Waals surface area contributed by atoms with Crippen LogP contribution in [-0.4, -0.2) is 24.0 Å². The molecule has 2 rings (SSSR count). The lowest BCUT2D eigenvalue weighted by atomic mass is 10.3. The molecule has 2 aromatic heterocycles. The van der Waals surface area contributed by atoms with E-state index in [0.717, 1.165) is 17.7 Å². The van der Waals surface area contributed by atoms with Gasteiger partial charge in [0.25, 0.3) is 0 Å². The van der Waals surface area contributed by atoms with Gasteiger partial charge >= 0.3 is 0 Å². The second kappa shape index (κ2) is 7.06. The minimum absolute atomic E-state index is 0.0388. The van der Waals surface area contributed by atoms with E-state index in [-0.39, 0.29) is 12.3 Å². The molecular weight excluding hydrogens is 262 g/mol. The van der Waals surface area contributed by atoms with Gasteiger partial charge in [-0.1, -0.05) is 6.07 Å². The van der Waals surface area contributed by atoms with Gasteiger partial charge < -0.3 is 15.5 Å². The number of hydrogen-bond acceptors (Lipinski definition) is 5. The fourth-order valence-corrected chi connectivity index (χ4v) is 2.28. The van der Waals surface area contributed by atoms with E-state index in [1.165, 1.54) is 6.26 Å². The molecule has 0 aliphatic rings. The van der Waals surface area contributed by atoms with Crippen LogP contribution in [0.3, 0.4) is 0 Å². The van der Waals surface area contributed by atoms with Gasteiger partial charge in [0.2, 0.25) is 11.8 Å². The standard InChI is InChI=1S/C13H17N3O2S/c14-5-1-2-6-15-12(17)8-10-9-18-13(16-10)11-4-3-7-19-11/h3-4,7,9H,1-2,5-6,8,14H2,(H,15,17). The summed E-state index contributed by atoms with van der Waals surface area (Å²) in [6, 6.07) is 3.88. The van der Waals surface area contributed by atoms with Crippen molar-refractivity contribution >= 4 is 17.2 Å². The number of carbonyl (C=O) groups is 1. The van der Waals surface area contributed by atoms with Crippen LogP contribution in [0.5, 0.6) is 0 Å². The van der Waals surface area contributed by atoms with Crippen molar-refractivity contribution in [3.05, 3.63) is 29.5 Å². The summed E-state index contributed by atoms with van der Waals surface area (Å²) in [5, 5.41) is 4.80. The van der Waals surface area contributed by atoms with Crippen LogP contribution in [0.1, 0.15) is 18.5 Å². The second-order valence-electron chi connectivity index (χ2n) is 4.14. The molecule has 0 saturated heterocycles. The van der Waals surface area contributed by atoms with Crippen molar-refractivity contribution in [2.75, 3.05) is 13.1 Å². The maximum atomic E-state index is 11.6. The highest BCUT2D eigenvalue weighted by molar-refractivity contribution is 7.13. The number of thiophene rings is 1. The zero-order chi connectivity index (χ0) is 13.5. The molecule has 0 atom stereocenters. The number of nitrogens with one attached hydrogen (secondary N) is 1. The van der Waals surface area contributed by atoms with Crippen LogP contribution >= 0.6 is 11.3 Å². The molecule has 3 N–H and O–H groups in total. The van der Waals surface area contributed by atoms with Gasteiger partial charge in [-0.15, -0.1) is 11.3 Å². The van der Waals surface area contributed by atoms with Crippen molar-refractivity contribution in [1.82, 2.24) is 10.3 Å². The van der Waals surface area contributed by atoms with Gasteiger partial charge in [0.15, 0.2) is 0 Å². The molecule has 102 valence electrons. The number of aromatic nitrogens is 1. The molecule has 0 aliphatic carbocycles. The van der Waals surface area contributed by atoms with E-state index in [4.69, 9.17) is 10.2 Å². The summed E-state index contributed by atoms with van der Waals surface area (Å²) in [7, 11) is 0. The SMILES string of the molecule is NCCCCNC(=O)Cc1coc(-c2cccs2)n1. The van der Waals surface area contributed by atoms with Gasteiger partial charge in [0, 0.05) is 6.54 Å². The molecule has 0 unspecified atom stereocenters. The van der Waals surface area contributed by atoms with E-state index in [9.17, 15) is 4.79 Å². The maximum absolute atomic E-state index is 11.6. The predicted molar refractivity (Wildman–Crippen MR) is 74.8 cm³/mol. The minimum Gasteiger partial charge on any atom is -0.444 e. The van der Waals surface area contributed by atoms with Crippen LogP contribution in [0.15, 0.2) is 28.2 Å². The summed E-state index contributed by atoms with van der Waals surface area (Å²) >= 11 is 1.56. The molecule has 0 aliphatic heterocycles. The van der Waals surface area contributed by atoms with Crippen molar-refractivity contribution in [2.45, 2.75) is 19.3 Å². The summed E-state index contributed by atoms with van der Waals surface area (Å²) < 4.78 is 5.36. The third-order valence-corrected chi connectivity index (χ3v) is 3.44. The Labute approximate surface area is 115 Å². The number of nitrogens with zero attached hydrogens (tertiary/aromatic N) is 1. The lowest BCUT2D eigenvalue weighted by Crippen LogP contribution is -2.26. The first-order chi connectivity index (χ1) is 9.29. The number of nitrogens with two attached hydrogens (primary N) is 1. The molecule has 2 aromatic rings. The summed E-state index contributed by atoms with van der Waals surface area (Å²) in [4.78, 5) is 16.9. The maximum Gasteiger partial charge on any atom is 0.236 e. The topological polar surface area (TPSA) is 81.1 Å². The average Bonchev–Trinajstić information content (AvgIpc) is 3.04. The van der Waals surface area contributed by atoms with Crippen molar-refractivity contribution in [3.63, 3.8) is 0 Å². The molecule has 0 aromatic carbocycles. The third kappa shape index (κ3) is 4.18. The van der Waals surface area contributed by atoms with Gasteiger partial charge in [-0.3, -0.25) is 4.79 Å². The van der Waals surface area contributed by atoms with Gasteiger partial charge in [0.05, 0.1) is 17.0 Å². The zero-order valence-electron chi connectivity index (χ0n) is 10.6. The summed E-state index contributed by atoms with van der Waals surface area (Å²) in [6.07, 6.45) is 3.61. The highest BCUT2D eigenvalue weighted by Gasteiger charge is 2.10. The van der Waals surface area contributed by atoms with Crippen molar-refractivity contribution in [2.24, 2.45) is 5.73 Å². The Hall–Kier alpha value is -1.66. The Kier molecular flexibility index (Phi) is 5.11. The normalized spacial score (nSPS) is 10.6. The molecule has 0 bridgehead atoms. The number of carbonyl (C=O) groups excluding carboxylic acids is 1. The van der Waals surface area contributed by atoms with E-state index in [1.807, 2.05) is 17.5 Å². The molecule has 2 heterocycles. The molecule has 0 saturated carbocycles. The van der Waals surface area contributed by atoms with E-state index in [0.29, 0.717) is 24.7 Å². The van der Waals surface area contributed by atoms with E-state index >= 15 is 0 Å². The van der Waals surface area contributed by atoms with E-state index < -0.39 is 0 Å². The molecule has 19 heavy (non-hydrogen) atoms. The highest BCUT2D eigenvalue weighted by Crippen LogP contribution is 2.23. The number of rotatable bonds is 7. The van der Waals surface area contributed by atoms with E-state index in [2.05, 4.69) is 10.3 Å². The van der Waals surface area contributed by atoms with Crippen molar-refractivity contribution in [1.29, 1.82) is 0 Å². The van der Waals surface area contributed by atoms with Gasteiger partial charge in [-0.25, -0.2) is 4.98 Å². The van der Waals surface area contributed by atoms with Crippen LogP contribution in [0, 0.1) is 0 Å². The first kappa shape index (κ1) is 13.8. The van der Waals surface area contributed by atoms with Crippen molar-refractivity contribution < 1.29 is 9.21 Å². The average molecular weight is 279 g/mol. The fraction of sp³-hybridized carbons (Fsp3) is 0.385. The van der Waals surface area contributed by atoms with E-state index in [1.54, 1.807) is 11.3 Å². The monoisotopic (exact) mass is 279 g/mol. The Morgan fingerprint density at radius 3 is 3.11 bits per heavy atom. The summed E-state index contributed by atoms with van der Waals surface area (Å²) in [6.45, 7) is 1.31. The minimum atomic E-state index is -0.0388. The van der Waals surface area contributed by atoms with Crippen LogP contribution in [-0.2, 0) is 11.2 Å². The Bertz CT molecular complexity index is 508. The van der Waals surface area contributed by atoms with Crippen molar-refractivity contribution in [3.8, 4) is 10.8 Å². The molecule has 0 radical (unpaired) electrons. The number of unbranched alkanes of at least 4 members (excludes halogenated alkanes) is 1. The molecule has 0 spiro atoms. The Morgan fingerprint density at radius 2 is 2.37 bits per heavy atom. The molecule has 1 amide bonds. The zero-order valence-corrected chi connectivity index (χ0v) is 11.4. The molecule has 5 nitrogen and oxygen atoms in total. The van der Waals surface area contributed by atoms with Crippen LogP contribution in [0.4, 0.5) is 0 Å². The number of oxazole rings is 1. The first-order valence-corrected chi connectivity index (χ1v) is 7.12. The van der Waals surface area contributed by atoms with Gasteiger partial charge in [-0.05, 0) is 30.8 Å². The fourth-order valence-electron chi connectivity index (χ4n) is 1.63. The quantitative estimate of drug-likeness (QED) is 0.757. The molecule has 0 fully saturated rings. The molecular formula is C13H17N3O2S. The Balaban J connectivity index is 1.81. The van der Waals surface area contributed by atoms with Gasteiger partial charge in [-0.2, -0.15) is 0 Å². The second-order valence-corrected chi connectivity index (χ2v) is 5.09. The molecule has 6 heteroatoms. The van der Waals surface area contributed by atoms with Crippen LogP contribution in [0.2, 0.25) is 0 Å². The van der Waals surface area contributed by atoms with Crippen LogP contribution in [0.25, 0.3) is 10.8 Å². The Morgan fingerprint density at radius 1 is 1.47 bits per heavy atom. The first-order valence-electron chi connectivity index (χ1n) is 6.24. The smallest absolute Gasteiger partial charge is 0.236 e. The van der Waals surface area contributed by atoms with Crippen LogP contribution < -0.4 is 11.1 Å².